The molecular formula is C9H10BFO4. The first-order valence-corrected chi connectivity index (χ1v) is 4.38. The summed E-state index contributed by atoms with van der Waals surface area (Å²) >= 11 is 0. The maximum absolute atomic E-state index is 13.5. The maximum Gasteiger partial charge on any atom is 0.504 e. The van der Waals surface area contributed by atoms with Crippen LogP contribution in [0.5, 0.6) is 11.5 Å². The Labute approximate surface area is 86.9 Å². The number of ether oxygens (including phenoxy) is 1. The van der Waals surface area contributed by atoms with Gasteiger partial charge in [0, 0.05) is 0 Å². The van der Waals surface area contributed by atoms with Crippen molar-refractivity contribution < 1.29 is 23.6 Å². The summed E-state index contributed by atoms with van der Waals surface area (Å²) in [6, 6.07) is 2.71. The van der Waals surface area contributed by atoms with Crippen molar-refractivity contribution in [1.82, 2.24) is 0 Å². The Morgan fingerprint density at radius 2 is 2.20 bits per heavy atom. The van der Waals surface area contributed by atoms with E-state index in [0.29, 0.717) is 12.9 Å². The zero-order chi connectivity index (χ0) is 11.3. The number of aldehydes is 1. The SMILES string of the molecule is CCOc1ccc(OBO)c(C=O)c1F. The number of hydrogen-bond donors (Lipinski definition) is 1. The largest absolute Gasteiger partial charge is 0.538 e. The predicted octanol–water partition coefficient (Wildman–Crippen LogP) is 0.674. The summed E-state index contributed by atoms with van der Waals surface area (Å²) in [6.07, 6.45) is 0.322. The molecule has 0 atom stereocenters. The molecule has 0 amide bonds. The molecule has 6 heteroatoms. The maximum atomic E-state index is 13.5. The molecule has 80 valence electrons. The van der Waals surface area contributed by atoms with Gasteiger partial charge in [0.2, 0.25) is 0 Å². The predicted molar refractivity (Wildman–Crippen MR) is 53.0 cm³/mol. The fourth-order valence-corrected chi connectivity index (χ4v) is 1.13. The minimum atomic E-state index is -0.780. The Morgan fingerprint density at radius 3 is 2.73 bits per heavy atom. The zero-order valence-corrected chi connectivity index (χ0v) is 8.20. The van der Waals surface area contributed by atoms with E-state index >= 15 is 0 Å². The molecule has 0 heterocycles. The van der Waals surface area contributed by atoms with Gasteiger partial charge in [0.15, 0.2) is 17.9 Å². The molecule has 0 aromatic heterocycles. The second-order valence-corrected chi connectivity index (χ2v) is 2.61. The molecule has 0 radical (unpaired) electrons. The smallest absolute Gasteiger partial charge is 0.504 e. The van der Waals surface area contributed by atoms with Gasteiger partial charge in [-0.25, -0.2) is 4.39 Å². The highest BCUT2D eigenvalue weighted by molar-refractivity contribution is 6.17. The summed E-state index contributed by atoms with van der Waals surface area (Å²) in [7, 11) is -0.617. The van der Waals surface area contributed by atoms with Crippen LogP contribution in [0.15, 0.2) is 12.1 Å². The molecule has 0 unspecified atom stereocenters. The van der Waals surface area contributed by atoms with Crippen molar-refractivity contribution in [3.63, 3.8) is 0 Å². The van der Waals surface area contributed by atoms with Crippen LogP contribution in [-0.4, -0.2) is 25.6 Å². The first-order valence-electron chi connectivity index (χ1n) is 4.38. The summed E-state index contributed by atoms with van der Waals surface area (Å²) in [5.41, 5.74) is -0.255. The van der Waals surface area contributed by atoms with Gasteiger partial charge in [0.25, 0.3) is 0 Å². The lowest BCUT2D eigenvalue weighted by Gasteiger charge is -2.10. The first-order chi connectivity index (χ1) is 7.24. The van der Waals surface area contributed by atoms with E-state index in [1.165, 1.54) is 12.1 Å². The van der Waals surface area contributed by atoms with Gasteiger partial charge >= 0.3 is 7.69 Å². The van der Waals surface area contributed by atoms with Gasteiger partial charge < -0.3 is 14.4 Å². The first kappa shape index (κ1) is 11.5. The third-order valence-electron chi connectivity index (χ3n) is 1.74. The highest BCUT2D eigenvalue weighted by atomic mass is 19.1. The van der Waals surface area contributed by atoms with Crippen molar-refractivity contribution in [1.29, 1.82) is 0 Å². The van der Waals surface area contributed by atoms with Crippen molar-refractivity contribution in [3.05, 3.63) is 23.5 Å². The molecule has 1 aromatic carbocycles. The Balaban J connectivity index is 3.13. The molecule has 4 nitrogen and oxygen atoms in total. The van der Waals surface area contributed by atoms with Crippen LogP contribution in [0.1, 0.15) is 17.3 Å². The zero-order valence-electron chi connectivity index (χ0n) is 8.20. The molecule has 0 aliphatic heterocycles. The Morgan fingerprint density at radius 1 is 1.53 bits per heavy atom. The average Bonchev–Trinajstić information content (AvgIpc) is 2.23. The molecule has 0 aliphatic carbocycles. The van der Waals surface area contributed by atoms with Gasteiger partial charge in [-0.2, -0.15) is 0 Å². The van der Waals surface area contributed by atoms with Crippen molar-refractivity contribution in [2.75, 3.05) is 6.61 Å². The van der Waals surface area contributed by atoms with Crippen LogP contribution in [0, 0.1) is 5.82 Å². The van der Waals surface area contributed by atoms with E-state index in [1.54, 1.807) is 6.92 Å². The van der Waals surface area contributed by atoms with Crippen LogP contribution in [-0.2, 0) is 0 Å². The van der Waals surface area contributed by atoms with Crippen LogP contribution in [0.25, 0.3) is 0 Å². The van der Waals surface area contributed by atoms with Crippen LogP contribution >= 0.6 is 0 Å². The van der Waals surface area contributed by atoms with Crippen LogP contribution in [0.4, 0.5) is 4.39 Å². The van der Waals surface area contributed by atoms with Crippen LogP contribution in [0.2, 0.25) is 0 Å². The van der Waals surface area contributed by atoms with Crippen molar-refractivity contribution in [2.45, 2.75) is 6.92 Å². The molecule has 0 spiro atoms. The summed E-state index contributed by atoms with van der Waals surface area (Å²) in [5, 5.41) is 8.51. The minimum absolute atomic E-state index is 0.00606. The lowest BCUT2D eigenvalue weighted by atomic mass is 10.2. The standard InChI is InChI=1S/C9H10BFO4/c1-2-14-8-4-3-7(15-10-13)6(5-12)9(8)11/h3-5,10,13H,2H2,1H3. The molecule has 1 aromatic rings. The summed E-state index contributed by atoms with van der Waals surface area (Å²) in [6.45, 7) is 2.01. The van der Waals surface area contributed by atoms with Crippen LogP contribution in [0.3, 0.4) is 0 Å². The number of benzene rings is 1. The van der Waals surface area contributed by atoms with Gasteiger partial charge in [-0.1, -0.05) is 0 Å². The van der Waals surface area contributed by atoms with E-state index in [2.05, 4.69) is 4.65 Å². The summed E-state index contributed by atoms with van der Waals surface area (Å²) in [4.78, 5) is 10.6. The number of carbonyl (C=O) groups is 1. The van der Waals surface area contributed by atoms with Gasteiger partial charge in [-0.05, 0) is 19.1 Å². The minimum Gasteiger partial charge on any atom is -0.538 e. The topological polar surface area (TPSA) is 55.8 Å². The molecule has 15 heavy (non-hydrogen) atoms. The van der Waals surface area contributed by atoms with E-state index in [1.807, 2.05) is 0 Å². The monoisotopic (exact) mass is 212 g/mol. The summed E-state index contributed by atoms with van der Waals surface area (Å²) < 4.78 is 23.2. The molecule has 1 rings (SSSR count). The van der Waals surface area contributed by atoms with Gasteiger partial charge in [0.1, 0.15) is 5.75 Å². The average molecular weight is 212 g/mol. The fourth-order valence-electron chi connectivity index (χ4n) is 1.13. The summed E-state index contributed by atoms with van der Waals surface area (Å²) in [5.74, 6) is -0.795. The lowest BCUT2D eigenvalue weighted by molar-refractivity contribution is 0.111. The van der Waals surface area contributed by atoms with Gasteiger partial charge in [0.05, 0.1) is 12.2 Å². The second kappa shape index (κ2) is 5.36. The number of rotatable bonds is 5. The Hall–Kier alpha value is -1.56. The molecule has 0 bridgehead atoms. The molecule has 0 aliphatic rings. The van der Waals surface area contributed by atoms with Crippen molar-refractivity contribution in [3.8, 4) is 11.5 Å². The lowest BCUT2D eigenvalue weighted by Crippen LogP contribution is -2.05. The van der Waals surface area contributed by atoms with E-state index in [0.717, 1.165) is 0 Å². The molecule has 0 fully saturated rings. The fraction of sp³-hybridized carbons (Fsp3) is 0.222. The van der Waals surface area contributed by atoms with Gasteiger partial charge in [-0.3, -0.25) is 4.79 Å². The molecular weight excluding hydrogens is 202 g/mol. The van der Waals surface area contributed by atoms with E-state index in [9.17, 15) is 9.18 Å². The number of hydrogen-bond acceptors (Lipinski definition) is 4. The van der Waals surface area contributed by atoms with Crippen molar-refractivity contribution >= 4 is 14.0 Å². The molecule has 0 saturated carbocycles. The normalized spacial score (nSPS) is 9.53. The Kier molecular flexibility index (Phi) is 4.11. The quantitative estimate of drug-likeness (QED) is 0.575. The Bertz CT molecular complexity index is 356. The van der Waals surface area contributed by atoms with Crippen LogP contribution < -0.4 is 9.39 Å². The van der Waals surface area contributed by atoms with E-state index in [4.69, 9.17) is 9.76 Å². The highest BCUT2D eigenvalue weighted by Crippen LogP contribution is 2.27. The van der Waals surface area contributed by atoms with E-state index in [-0.39, 0.29) is 17.1 Å². The molecule has 1 N–H and O–H groups in total. The number of carbonyl (C=O) groups excluding carboxylic acids is 1. The third-order valence-corrected chi connectivity index (χ3v) is 1.74. The van der Waals surface area contributed by atoms with E-state index < -0.39 is 13.5 Å². The second-order valence-electron chi connectivity index (χ2n) is 2.61. The molecule has 0 saturated heterocycles. The van der Waals surface area contributed by atoms with Crippen molar-refractivity contribution in [2.24, 2.45) is 0 Å². The van der Waals surface area contributed by atoms with Gasteiger partial charge in [-0.15, -0.1) is 0 Å². The highest BCUT2D eigenvalue weighted by Gasteiger charge is 2.14. The number of halogens is 1. The third kappa shape index (κ3) is 2.47.